The number of furan rings is 1. The molecule has 2 heterocycles. The summed E-state index contributed by atoms with van der Waals surface area (Å²) in [6, 6.07) is 4.84. The molecule has 0 aliphatic carbocycles. The Kier molecular flexibility index (Phi) is 5.09. The number of carbonyl (C=O) groups excluding carboxylic acids is 1. The third-order valence-electron chi connectivity index (χ3n) is 2.60. The molecule has 0 aliphatic heterocycles. The summed E-state index contributed by atoms with van der Waals surface area (Å²) in [6.07, 6.45) is 2.53. The Bertz CT molecular complexity index is 632. The van der Waals surface area contributed by atoms with Crippen molar-refractivity contribution in [3.05, 3.63) is 48.0 Å². The summed E-state index contributed by atoms with van der Waals surface area (Å²) < 4.78 is 42.5. The van der Waals surface area contributed by atoms with Crippen LogP contribution in [0.4, 0.5) is 13.2 Å². The van der Waals surface area contributed by atoms with Gasteiger partial charge in [0, 0.05) is 18.0 Å². The normalized spacial score (nSPS) is 12.9. The molecule has 22 heavy (non-hydrogen) atoms. The summed E-state index contributed by atoms with van der Waals surface area (Å²) in [5, 5.41) is 11.2. The molecule has 1 amide bonds. The number of nitrogens with zero attached hydrogens (tertiary/aromatic N) is 1. The Morgan fingerprint density at radius 2 is 2.18 bits per heavy atom. The van der Waals surface area contributed by atoms with E-state index >= 15 is 0 Å². The smallest absolute Gasteiger partial charge is 0.447 e. The van der Waals surface area contributed by atoms with Crippen LogP contribution in [0.15, 0.2) is 46.2 Å². The van der Waals surface area contributed by atoms with Crippen molar-refractivity contribution in [3.8, 4) is 0 Å². The number of hydrogen-bond acceptors (Lipinski definition) is 5. The monoisotopic (exact) mass is 332 g/mol. The highest BCUT2D eigenvalue weighted by atomic mass is 32.2. The Hall–Kier alpha value is -2.00. The number of amides is 1. The van der Waals surface area contributed by atoms with Crippen molar-refractivity contribution in [2.24, 2.45) is 0 Å². The molecule has 2 aromatic heterocycles. The van der Waals surface area contributed by atoms with Gasteiger partial charge in [0.2, 0.25) is 0 Å². The minimum Gasteiger partial charge on any atom is -0.467 e. The van der Waals surface area contributed by atoms with Gasteiger partial charge in [0.05, 0.1) is 18.4 Å². The molecule has 2 aromatic rings. The number of nitrogens with one attached hydrogen (secondary N) is 1. The third kappa shape index (κ3) is 4.25. The van der Waals surface area contributed by atoms with Crippen molar-refractivity contribution in [2.45, 2.75) is 16.6 Å². The lowest BCUT2D eigenvalue weighted by molar-refractivity contribution is -0.0329. The van der Waals surface area contributed by atoms with Crippen LogP contribution in [0, 0.1) is 0 Å². The summed E-state index contributed by atoms with van der Waals surface area (Å²) in [7, 11) is 0. The van der Waals surface area contributed by atoms with Crippen molar-refractivity contribution < 1.29 is 27.5 Å². The number of alkyl halides is 3. The summed E-state index contributed by atoms with van der Waals surface area (Å²) in [6.45, 7) is -0.457. The molecule has 118 valence electrons. The van der Waals surface area contributed by atoms with Crippen LogP contribution in [0.1, 0.15) is 22.2 Å². The number of pyridine rings is 1. The molecule has 0 saturated carbocycles. The Labute approximate surface area is 127 Å². The fourth-order valence-corrected chi connectivity index (χ4v) is 2.29. The van der Waals surface area contributed by atoms with Crippen LogP contribution >= 0.6 is 11.8 Å². The van der Waals surface area contributed by atoms with Crippen LogP contribution in [0.25, 0.3) is 0 Å². The second-order valence-electron chi connectivity index (χ2n) is 4.13. The standard InChI is InChI=1S/C13H11F3N2O3S/c14-13(15,16)22-12-8(3-1-5-17-12)11(20)18-9(7-19)10-4-2-6-21-10/h1-6,9,19H,7H2,(H,18,20). The number of hydrogen-bond donors (Lipinski definition) is 2. The first-order valence-corrected chi connectivity index (χ1v) is 6.88. The van der Waals surface area contributed by atoms with Crippen molar-refractivity contribution in [1.82, 2.24) is 10.3 Å². The topological polar surface area (TPSA) is 75.4 Å². The molecule has 0 aromatic carbocycles. The minimum atomic E-state index is -4.55. The average Bonchev–Trinajstić information content (AvgIpc) is 2.97. The lowest BCUT2D eigenvalue weighted by atomic mass is 10.2. The van der Waals surface area contributed by atoms with Gasteiger partial charge in [0.15, 0.2) is 0 Å². The van der Waals surface area contributed by atoms with Gasteiger partial charge in [-0.05, 0) is 24.3 Å². The summed E-state index contributed by atoms with van der Waals surface area (Å²) in [4.78, 5) is 15.7. The maximum Gasteiger partial charge on any atom is 0.447 e. The number of carbonyl (C=O) groups is 1. The zero-order valence-electron chi connectivity index (χ0n) is 11.0. The zero-order valence-corrected chi connectivity index (χ0v) is 11.8. The lowest BCUT2D eigenvalue weighted by Gasteiger charge is -2.15. The molecular formula is C13H11F3N2O3S. The average molecular weight is 332 g/mol. The van der Waals surface area contributed by atoms with Gasteiger partial charge < -0.3 is 14.8 Å². The molecule has 1 unspecified atom stereocenters. The van der Waals surface area contributed by atoms with E-state index in [0.717, 1.165) is 0 Å². The van der Waals surface area contributed by atoms with Crippen LogP contribution in [0.3, 0.4) is 0 Å². The molecule has 9 heteroatoms. The van der Waals surface area contributed by atoms with Crippen LogP contribution in [-0.4, -0.2) is 28.1 Å². The second-order valence-corrected chi connectivity index (χ2v) is 5.18. The van der Waals surface area contributed by atoms with Gasteiger partial charge in [0.1, 0.15) is 16.8 Å². The first-order valence-electron chi connectivity index (χ1n) is 6.06. The van der Waals surface area contributed by atoms with Crippen molar-refractivity contribution in [2.75, 3.05) is 6.61 Å². The highest BCUT2D eigenvalue weighted by Gasteiger charge is 2.32. The minimum absolute atomic E-state index is 0.227. The van der Waals surface area contributed by atoms with Crippen molar-refractivity contribution in [3.63, 3.8) is 0 Å². The molecule has 0 saturated heterocycles. The van der Waals surface area contributed by atoms with Crippen LogP contribution in [0.2, 0.25) is 0 Å². The van der Waals surface area contributed by atoms with Gasteiger partial charge in [-0.25, -0.2) is 4.98 Å². The van der Waals surface area contributed by atoms with E-state index in [1.54, 1.807) is 6.07 Å². The zero-order chi connectivity index (χ0) is 16.2. The summed E-state index contributed by atoms with van der Waals surface area (Å²) in [5.74, 6) is -0.486. The molecule has 0 bridgehead atoms. The van der Waals surface area contributed by atoms with Crippen molar-refractivity contribution >= 4 is 17.7 Å². The number of thioether (sulfide) groups is 1. The lowest BCUT2D eigenvalue weighted by Crippen LogP contribution is -2.31. The van der Waals surface area contributed by atoms with Crippen LogP contribution in [0.5, 0.6) is 0 Å². The number of aliphatic hydroxyl groups excluding tert-OH is 1. The Morgan fingerprint density at radius 1 is 1.41 bits per heavy atom. The SMILES string of the molecule is O=C(NC(CO)c1ccco1)c1cccnc1SC(F)(F)F. The van der Waals surface area contributed by atoms with E-state index in [-0.39, 0.29) is 5.56 Å². The molecule has 0 spiro atoms. The van der Waals surface area contributed by atoms with Crippen LogP contribution < -0.4 is 5.32 Å². The first-order chi connectivity index (χ1) is 10.4. The van der Waals surface area contributed by atoms with Gasteiger partial charge in [-0.3, -0.25) is 4.79 Å². The van der Waals surface area contributed by atoms with Gasteiger partial charge in [0.25, 0.3) is 5.91 Å². The largest absolute Gasteiger partial charge is 0.467 e. The quantitative estimate of drug-likeness (QED) is 0.824. The van der Waals surface area contributed by atoms with E-state index in [4.69, 9.17) is 4.42 Å². The summed E-state index contributed by atoms with van der Waals surface area (Å²) in [5.41, 5.74) is -4.78. The molecule has 0 aliphatic rings. The first kappa shape index (κ1) is 16.4. The number of rotatable bonds is 5. The molecule has 1 atom stereocenters. The van der Waals surface area contributed by atoms with Crippen LogP contribution in [-0.2, 0) is 0 Å². The molecule has 5 nitrogen and oxygen atoms in total. The fraction of sp³-hybridized carbons (Fsp3) is 0.231. The third-order valence-corrected chi connectivity index (χ3v) is 3.35. The fourth-order valence-electron chi connectivity index (χ4n) is 1.69. The molecule has 0 radical (unpaired) electrons. The number of aromatic nitrogens is 1. The van der Waals surface area contributed by atoms with Gasteiger partial charge >= 0.3 is 5.51 Å². The second kappa shape index (κ2) is 6.84. The molecular weight excluding hydrogens is 321 g/mol. The predicted molar refractivity (Wildman–Crippen MR) is 72.2 cm³/mol. The van der Waals surface area contributed by atoms with E-state index in [0.29, 0.717) is 5.76 Å². The van der Waals surface area contributed by atoms with Gasteiger partial charge in [-0.15, -0.1) is 0 Å². The van der Waals surface area contributed by atoms with E-state index in [1.807, 2.05) is 0 Å². The van der Waals surface area contributed by atoms with Gasteiger partial charge in [-0.1, -0.05) is 0 Å². The summed E-state index contributed by atoms with van der Waals surface area (Å²) >= 11 is -0.470. The molecule has 0 fully saturated rings. The molecule has 2 rings (SSSR count). The maximum absolute atomic E-state index is 12.5. The Morgan fingerprint density at radius 3 is 2.77 bits per heavy atom. The highest BCUT2D eigenvalue weighted by Crippen LogP contribution is 2.37. The Balaban J connectivity index is 2.19. The van der Waals surface area contributed by atoms with Gasteiger partial charge in [-0.2, -0.15) is 13.2 Å². The number of halogens is 3. The predicted octanol–water partition coefficient (Wildman–Crippen LogP) is 2.75. The molecule has 2 N–H and O–H groups in total. The van der Waals surface area contributed by atoms with E-state index < -0.39 is 40.9 Å². The van der Waals surface area contributed by atoms with Crippen molar-refractivity contribution in [1.29, 1.82) is 0 Å². The maximum atomic E-state index is 12.5. The highest BCUT2D eigenvalue weighted by molar-refractivity contribution is 8.00. The number of aliphatic hydroxyl groups is 1. The van der Waals surface area contributed by atoms with E-state index in [2.05, 4.69) is 10.3 Å². The van der Waals surface area contributed by atoms with E-state index in [1.165, 1.54) is 30.7 Å². The van der Waals surface area contributed by atoms with E-state index in [9.17, 15) is 23.1 Å².